The van der Waals surface area contributed by atoms with Crippen molar-refractivity contribution in [3.8, 4) is 0 Å². The van der Waals surface area contributed by atoms with Crippen LogP contribution in [0.15, 0.2) is 10.3 Å². The van der Waals surface area contributed by atoms with Crippen LogP contribution in [-0.2, 0) is 20.8 Å². The molecule has 0 saturated carbocycles. The van der Waals surface area contributed by atoms with Gasteiger partial charge in [-0.15, -0.1) is 0 Å². The lowest BCUT2D eigenvalue weighted by molar-refractivity contribution is -0.383. The minimum Gasteiger partial charge on any atom is -0.372 e. The molecule has 1 N–H and O–H groups in total. The van der Waals surface area contributed by atoms with Gasteiger partial charge in [0.2, 0.25) is 0 Å². The average molecular weight is 353 g/mol. The third-order valence-corrected chi connectivity index (χ3v) is 7.66. The van der Waals surface area contributed by atoms with Crippen LogP contribution in [0.4, 0.5) is 10.7 Å². The number of sulfonamides is 1. The van der Waals surface area contributed by atoms with Gasteiger partial charge in [0.25, 0.3) is 10.0 Å². The van der Waals surface area contributed by atoms with E-state index in [4.69, 9.17) is 0 Å². The fourth-order valence-corrected chi connectivity index (χ4v) is 6.17. The molecule has 0 spiro atoms. The Morgan fingerprint density at radius 1 is 1.48 bits per heavy atom. The Labute approximate surface area is 128 Å². The lowest BCUT2D eigenvalue weighted by Gasteiger charge is -2.24. The predicted octanol–water partition coefficient (Wildman–Crippen LogP) is 0.841. The van der Waals surface area contributed by atoms with Crippen molar-refractivity contribution in [3.63, 3.8) is 0 Å². The van der Waals surface area contributed by atoms with E-state index in [9.17, 15) is 22.7 Å². The monoisotopic (exact) mass is 353 g/mol. The fourth-order valence-electron chi connectivity index (χ4n) is 1.90. The molecule has 8 nitrogen and oxygen atoms in total. The van der Waals surface area contributed by atoms with Gasteiger partial charge >= 0.3 is 5.69 Å². The Bertz CT molecular complexity index is 659. The number of thiophene rings is 1. The summed E-state index contributed by atoms with van der Waals surface area (Å²) >= 11 is 0.856. The molecule has 0 radical (unpaired) electrons. The van der Waals surface area contributed by atoms with Gasteiger partial charge in [0.1, 0.15) is 4.21 Å². The molecule has 11 heteroatoms. The predicted molar refractivity (Wildman–Crippen MR) is 81.8 cm³/mol. The smallest absolute Gasteiger partial charge is 0.304 e. The van der Waals surface area contributed by atoms with E-state index in [0.29, 0.717) is 18.1 Å². The highest BCUT2D eigenvalue weighted by Gasteiger charge is 2.32. The van der Waals surface area contributed by atoms with Crippen LogP contribution >= 0.6 is 11.3 Å². The van der Waals surface area contributed by atoms with Crippen molar-refractivity contribution in [2.75, 3.05) is 36.5 Å². The third kappa shape index (κ3) is 3.42. The Morgan fingerprint density at radius 2 is 2.10 bits per heavy atom. The number of nitro groups is 1. The van der Waals surface area contributed by atoms with E-state index in [1.165, 1.54) is 4.31 Å². The maximum atomic E-state index is 12.5. The van der Waals surface area contributed by atoms with Gasteiger partial charge in [-0.3, -0.25) is 14.3 Å². The third-order valence-electron chi connectivity index (χ3n) is 2.95. The van der Waals surface area contributed by atoms with Crippen molar-refractivity contribution in [2.24, 2.45) is 0 Å². The van der Waals surface area contributed by atoms with E-state index in [0.717, 1.165) is 17.4 Å². The van der Waals surface area contributed by atoms with Crippen molar-refractivity contribution in [1.29, 1.82) is 0 Å². The second-order valence-corrected chi connectivity index (χ2v) is 9.23. The number of hydrogen-bond donors (Lipinski definition) is 1. The van der Waals surface area contributed by atoms with Gasteiger partial charge < -0.3 is 5.32 Å². The molecule has 0 atom stereocenters. The summed E-state index contributed by atoms with van der Waals surface area (Å²) in [5, 5.41) is 14.0. The number of rotatable bonds is 5. The standard InChI is InChI=1S/C10H15N3O5S3/c1-2-11-10-8(13(14)15)7-9(19-10)21(17,18)12-3-5-20(16)6-4-12/h7,11H,2-6H2,1H3. The van der Waals surface area contributed by atoms with Crippen LogP contribution in [0.2, 0.25) is 0 Å². The van der Waals surface area contributed by atoms with Crippen LogP contribution in [0, 0.1) is 10.1 Å². The molecule has 2 heterocycles. The number of nitrogens with one attached hydrogen (secondary N) is 1. The van der Waals surface area contributed by atoms with Gasteiger partial charge in [-0.25, -0.2) is 8.42 Å². The molecule has 21 heavy (non-hydrogen) atoms. The van der Waals surface area contributed by atoms with Gasteiger partial charge in [0.05, 0.1) is 4.92 Å². The minimum atomic E-state index is -3.77. The molecule has 1 aromatic rings. The summed E-state index contributed by atoms with van der Waals surface area (Å²) in [7, 11) is -4.75. The number of nitrogens with zero attached hydrogens (tertiary/aromatic N) is 2. The van der Waals surface area contributed by atoms with Gasteiger partial charge in [0, 0.05) is 48.0 Å². The lowest BCUT2D eigenvalue weighted by Crippen LogP contribution is -2.41. The maximum absolute atomic E-state index is 12.5. The zero-order valence-electron chi connectivity index (χ0n) is 11.3. The molecule has 0 aromatic carbocycles. The van der Waals surface area contributed by atoms with E-state index in [1.807, 2.05) is 0 Å². The van der Waals surface area contributed by atoms with Crippen LogP contribution < -0.4 is 5.32 Å². The van der Waals surface area contributed by atoms with Crippen LogP contribution in [0.1, 0.15) is 6.92 Å². The quantitative estimate of drug-likeness (QED) is 0.620. The van der Waals surface area contributed by atoms with E-state index in [2.05, 4.69) is 5.32 Å². The Hall–Kier alpha value is -1.04. The summed E-state index contributed by atoms with van der Waals surface area (Å²) in [6.07, 6.45) is 0. The van der Waals surface area contributed by atoms with E-state index in [-0.39, 0.29) is 28.0 Å². The summed E-state index contributed by atoms with van der Waals surface area (Å²) in [6.45, 7) is 2.59. The molecule has 1 saturated heterocycles. The van der Waals surface area contributed by atoms with Crippen molar-refractivity contribution in [2.45, 2.75) is 11.1 Å². The second kappa shape index (κ2) is 6.38. The van der Waals surface area contributed by atoms with E-state index in [1.54, 1.807) is 6.92 Å². The fraction of sp³-hybridized carbons (Fsp3) is 0.600. The Balaban J connectivity index is 2.34. The van der Waals surface area contributed by atoms with E-state index >= 15 is 0 Å². The van der Waals surface area contributed by atoms with E-state index < -0.39 is 25.7 Å². The van der Waals surface area contributed by atoms with Gasteiger partial charge in [-0.2, -0.15) is 4.31 Å². The first-order chi connectivity index (χ1) is 9.86. The first kappa shape index (κ1) is 16.3. The summed E-state index contributed by atoms with van der Waals surface area (Å²) in [6, 6.07) is 1.09. The van der Waals surface area contributed by atoms with Crippen LogP contribution in [-0.4, -0.2) is 53.0 Å². The molecular formula is C10H15N3O5S3. The normalized spacial score (nSPS) is 17.8. The topological polar surface area (TPSA) is 110 Å². The molecule has 0 unspecified atom stereocenters. The molecule has 0 amide bonds. The molecule has 1 aromatic heterocycles. The molecule has 0 bridgehead atoms. The van der Waals surface area contributed by atoms with Crippen molar-refractivity contribution >= 4 is 42.8 Å². The van der Waals surface area contributed by atoms with Crippen LogP contribution in [0.3, 0.4) is 0 Å². The molecule has 2 rings (SSSR count). The van der Waals surface area contributed by atoms with Crippen molar-refractivity contribution in [1.82, 2.24) is 4.31 Å². The highest BCUT2D eigenvalue weighted by atomic mass is 32.2. The average Bonchev–Trinajstić information content (AvgIpc) is 2.84. The van der Waals surface area contributed by atoms with Crippen molar-refractivity contribution in [3.05, 3.63) is 16.2 Å². The molecule has 0 aliphatic carbocycles. The Kier molecular flexibility index (Phi) is 4.96. The first-order valence-electron chi connectivity index (χ1n) is 6.23. The molecular weight excluding hydrogens is 338 g/mol. The summed E-state index contributed by atoms with van der Waals surface area (Å²) in [5.41, 5.74) is -0.235. The van der Waals surface area contributed by atoms with Crippen LogP contribution in [0.5, 0.6) is 0 Å². The maximum Gasteiger partial charge on any atom is 0.304 e. The number of hydrogen-bond acceptors (Lipinski definition) is 7. The minimum absolute atomic E-state index is 0.0576. The molecule has 1 aliphatic rings. The zero-order chi connectivity index (χ0) is 15.6. The zero-order valence-corrected chi connectivity index (χ0v) is 13.7. The summed E-state index contributed by atoms with van der Waals surface area (Å²) < 4.78 is 37.4. The molecule has 118 valence electrons. The SMILES string of the molecule is CCNc1sc(S(=O)(=O)N2CCS(=O)CC2)cc1[N+](=O)[O-]. The first-order valence-corrected chi connectivity index (χ1v) is 9.98. The second-order valence-electron chi connectivity index (χ2n) is 4.32. The summed E-state index contributed by atoms with van der Waals surface area (Å²) in [4.78, 5) is 10.4. The largest absolute Gasteiger partial charge is 0.372 e. The number of anilines is 1. The van der Waals surface area contributed by atoms with Gasteiger partial charge in [0.15, 0.2) is 5.00 Å². The summed E-state index contributed by atoms with van der Waals surface area (Å²) in [5.74, 6) is 0.597. The Morgan fingerprint density at radius 3 is 2.62 bits per heavy atom. The highest BCUT2D eigenvalue weighted by molar-refractivity contribution is 7.91. The van der Waals surface area contributed by atoms with Gasteiger partial charge in [-0.05, 0) is 6.92 Å². The van der Waals surface area contributed by atoms with Crippen LogP contribution in [0.25, 0.3) is 0 Å². The van der Waals surface area contributed by atoms with Crippen molar-refractivity contribution < 1.29 is 17.6 Å². The highest BCUT2D eigenvalue weighted by Crippen LogP contribution is 2.38. The molecule has 1 fully saturated rings. The molecule has 1 aliphatic heterocycles. The lowest BCUT2D eigenvalue weighted by atomic mass is 10.5. The van der Waals surface area contributed by atoms with Gasteiger partial charge in [-0.1, -0.05) is 11.3 Å².